The molecule has 0 aromatic heterocycles. The van der Waals surface area contributed by atoms with E-state index in [0.717, 1.165) is 6.42 Å². The van der Waals surface area contributed by atoms with Gasteiger partial charge in [-0.3, -0.25) is 4.79 Å². The van der Waals surface area contributed by atoms with Crippen LogP contribution in [-0.2, 0) is 14.8 Å². The Labute approximate surface area is 109 Å². The van der Waals surface area contributed by atoms with Crippen LogP contribution in [0.2, 0.25) is 0 Å². The summed E-state index contributed by atoms with van der Waals surface area (Å²) in [5.74, 6) is -1.24. The molecule has 0 aromatic carbocycles. The molecule has 18 heavy (non-hydrogen) atoms. The van der Waals surface area contributed by atoms with Crippen LogP contribution in [0.3, 0.4) is 0 Å². The monoisotopic (exact) mass is 277 g/mol. The van der Waals surface area contributed by atoms with Gasteiger partial charge in [-0.05, 0) is 25.7 Å². The van der Waals surface area contributed by atoms with Gasteiger partial charge in [0.1, 0.15) is 0 Å². The number of rotatable bonds is 5. The molecule has 0 spiro atoms. The van der Waals surface area contributed by atoms with E-state index in [1.807, 2.05) is 20.8 Å². The van der Waals surface area contributed by atoms with E-state index in [0.29, 0.717) is 12.8 Å². The minimum Gasteiger partial charge on any atom is -0.481 e. The van der Waals surface area contributed by atoms with Crippen molar-refractivity contribution in [2.24, 2.45) is 11.8 Å². The fourth-order valence-corrected chi connectivity index (χ4v) is 4.44. The summed E-state index contributed by atoms with van der Waals surface area (Å²) in [4.78, 5) is 11.0. The third-order valence-electron chi connectivity index (χ3n) is 3.72. The normalized spacial score (nSPS) is 27.9. The standard InChI is InChI=1S/C12H23NO4S/c1-4-9(2)8-18(16,17)13-7-11(12(14)15)6-5-10(13)3/h9-11H,4-8H2,1-3H3,(H,14,15). The first-order valence-electron chi connectivity index (χ1n) is 6.50. The minimum absolute atomic E-state index is 0.0883. The lowest BCUT2D eigenvalue weighted by Gasteiger charge is -2.35. The molecule has 1 fully saturated rings. The van der Waals surface area contributed by atoms with Gasteiger partial charge in [-0.1, -0.05) is 20.3 Å². The summed E-state index contributed by atoms with van der Waals surface area (Å²) < 4.78 is 25.9. The van der Waals surface area contributed by atoms with Crippen molar-refractivity contribution in [3.05, 3.63) is 0 Å². The van der Waals surface area contributed by atoms with Crippen molar-refractivity contribution in [2.75, 3.05) is 12.3 Å². The zero-order chi connectivity index (χ0) is 13.9. The molecule has 5 nitrogen and oxygen atoms in total. The molecule has 0 aromatic rings. The largest absolute Gasteiger partial charge is 0.481 e. The highest BCUT2D eigenvalue weighted by Gasteiger charge is 2.36. The van der Waals surface area contributed by atoms with Gasteiger partial charge in [-0.15, -0.1) is 0 Å². The minimum atomic E-state index is -3.34. The van der Waals surface area contributed by atoms with Crippen LogP contribution in [0.1, 0.15) is 40.0 Å². The summed E-state index contributed by atoms with van der Waals surface area (Å²) in [5, 5.41) is 9.01. The van der Waals surface area contributed by atoms with Crippen molar-refractivity contribution in [3.63, 3.8) is 0 Å². The van der Waals surface area contributed by atoms with Gasteiger partial charge in [-0.2, -0.15) is 4.31 Å². The van der Waals surface area contributed by atoms with Crippen molar-refractivity contribution in [1.82, 2.24) is 4.31 Å². The Balaban J connectivity index is 2.81. The van der Waals surface area contributed by atoms with Gasteiger partial charge < -0.3 is 5.11 Å². The average molecular weight is 277 g/mol. The molecule has 0 amide bonds. The number of piperidine rings is 1. The van der Waals surface area contributed by atoms with Crippen molar-refractivity contribution in [2.45, 2.75) is 46.1 Å². The first-order chi connectivity index (χ1) is 8.27. The van der Waals surface area contributed by atoms with Crippen molar-refractivity contribution >= 4 is 16.0 Å². The topological polar surface area (TPSA) is 74.7 Å². The van der Waals surface area contributed by atoms with Crippen molar-refractivity contribution < 1.29 is 18.3 Å². The lowest BCUT2D eigenvalue weighted by Crippen LogP contribution is -2.48. The molecule has 0 radical (unpaired) electrons. The molecular weight excluding hydrogens is 254 g/mol. The van der Waals surface area contributed by atoms with Gasteiger partial charge in [0, 0.05) is 12.6 Å². The molecule has 1 heterocycles. The molecule has 1 N–H and O–H groups in total. The lowest BCUT2D eigenvalue weighted by molar-refractivity contribution is -0.143. The molecular formula is C12H23NO4S. The second-order valence-corrected chi connectivity index (χ2v) is 7.29. The smallest absolute Gasteiger partial charge is 0.307 e. The van der Waals surface area contributed by atoms with Gasteiger partial charge in [-0.25, -0.2) is 8.42 Å². The molecule has 6 heteroatoms. The van der Waals surface area contributed by atoms with Crippen molar-refractivity contribution in [1.29, 1.82) is 0 Å². The lowest BCUT2D eigenvalue weighted by atomic mass is 9.96. The van der Waals surface area contributed by atoms with E-state index in [1.54, 1.807) is 0 Å². The third-order valence-corrected chi connectivity index (χ3v) is 5.94. The van der Waals surface area contributed by atoms with Gasteiger partial charge in [0.2, 0.25) is 10.0 Å². The van der Waals surface area contributed by atoms with Crippen LogP contribution in [0.5, 0.6) is 0 Å². The molecule has 3 atom stereocenters. The Hall–Kier alpha value is -0.620. The van der Waals surface area contributed by atoms with E-state index in [4.69, 9.17) is 5.11 Å². The van der Waals surface area contributed by atoms with Crippen LogP contribution >= 0.6 is 0 Å². The Morgan fingerprint density at radius 3 is 2.56 bits per heavy atom. The summed E-state index contributed by atoms with van der Waals surface area (Å²) in [6.45, 7) is 5.84. The summed E-state index contributed by atoms with van der Waals surface area (Å²) in [6.07, 6.45) is 1.99. The van der Waals surface area contributed by atoms with Crippen LogP contribution in [0, 0.1) is 11.8 Å². The molecule has 1 saturated heterocycles. The van der Waals surface area contributed by atoms with Gasteiger partial charge >= 0.3 is 5.97 Å². The SMILES string of the molecule is CCC(C)CS(=O)(=O)N1CC(C(=O)O)CCC1C. The summed E-state index contributed by atoms with van der Waals surface area (Å²) in [7, 11) is -3.34. The maximum Gasteiger partial charge on any atom is 0.307 e. The molecule has 3 unspecified atom stereocenters. The van der Waals surface area contributed by atoms with Gasteiger partial charge in [0.25, 0.3) is 0 Å². The van der Waals surface area contributed by atoms with Gasteiger partial charge in [0.05, 0.1) is 11.7 Å². The van der Waals surface area contributed by atoms with E-state index in [2.05, 4.69) is 0 Å². The zero-order valence-corrected chi connectivity index (χ0v) is 12.1. The zero-order valence-electron chi connectivity index (χ0n) is 11.3. The molecule has 0 bridgehead atoms. The first-order valence-corrected chi connectivity index (χ1v) is 8.11. The van der Waals surface area contributed by atoms with Crippen molar-refractivity contribution in [3.8, 4) is 0 Å². The fraction of sp³-hybridized carbons (Fsp3) is 0.917. The predicted molar refractivity (Wildman–Crippen MR) is 69.8 cm³/mol. The summed E-state index contributed by atoms with van der Waals surface area (Å²) in [5.41, 5.74) is 0. The fourth-order valence-electron chi connectivity index (χ4n) is 2.24. The summed E-state index contributed by atoms with van der Waals surface area (Å²) in [6, 6.07) is -0.0883. The molecule has 0 saturated carbocycles. The molecule has 1 aliphatic rings. The number of carboxylic acid groups (broad SMARTS) is 1. The highest BCUT2D eigenvalue weighted by Crippen LogP contribution is 2.26. The average Bonchev–Trinajstić information content (AvgIpc) is 2.28. The third kappa shape index (κ3) is 3.68. The number of carbonyl (C=O) groups is 1. The van der Waals surface area contributed by atoms with Crippen LogP contribution in [0.25, 0.3) is 0 Å². The molecule has 1 aliphatic heterocycles. The first kappa shape index (κ1) is 15.4. The van der Waals surface area contributed by atoms with E-state index < -0.39 is 21.9 Å². The second-order valence-electron chi connectivity index (χ2n) is 5.32. The van der Waals surface area contributed by atoms with Crippen LogP contribution in [-0.4, -0.2) is 42.1 Å². The van der Waals surface area contributed by atoms with E-state index >= 15 is 0 Å². The number of nitrogens with zero attached hydrogens (tertiary/aromatic N) is 1. The van der Waals surface area contributed by atoms with E-state index in [1.165, 1.54) is 4.31 Å². The number of sulfonamides is 1. The van der Waals surface area contributed by atoms with Crippen LogP contribution < -0.4 is 0 Å². The Kier molecular flexibility index (Phi) is 5.16. The number of hydrogen-bond donors (Lipinski definition) is 1. The molecule has 0 aliphatic carbocycles. The quantitative estimate of drug-likeness (QED) is 0.827. The highest BCUT2D eigenvalue weighted by atomic mass is 32.2. The maximum atomic E-state index is 12.3. The number of carboxylic acids is 1. The van der Waals surface area contributed by atoms with E-state index in [-0.39, 0.29) is 24.3 Å². The Bertz CT molecular complexity index is 393. The molecule has 106 valence electrons. The number of aliphatic carboxylic acids is 1. The van der Waals surface area contributed by atoms with Crippen LogP contribution in [0.4, 0.5) is 0 Å². The molecule has 1 rings (SSSR count). The number of hydrogen-bond acceptors (Lipinski definition) is 3. The Morgan fingerprint density at radius 1 is 1.44 bits per heavy atom. The highest BCUT2D eigenvalue weighted by molar-refractivity contribution is 7.89. The second kappa shape index (κ2) is 6.02. The summed E-state index contributed by atoms with van der Waals surface area (Å²) >= 11 is 0. The van der Waals surface area contributed by atoms with Gasteiger partial charge in [0.15, 0.2) is 0 Å². The van der Waals surface area contributed by atoms with E-state index in [9.17, 15) is 13.2 Å². The van der Waals surface area contributed by atoms with Crippen LogP contribution in [0.15, 0.2) is 0 Å². The Morgan fingerprint density at radius 2 is 2.06 bits per heavy atom. The predicted octanol–water partition coefficient (Wildman–Crippen LogP) is 1.55. The maximum absolute atomic E-state index is 12.3.